The van der Waals surface area contributed by atoms with Crippen molar-refractivity contribution >= 4 is 22.7 Å². The Labute approximate surface area is 194 Å². The van der Waals surface area contributed by atoms with Gasteiger partial charge in [-0.15, -0.1) is 11.8 Å². The number of aromatic nitrogens is 1. The van der Waals surface area contributed by atoms with Crippen LogP contribution in [-0.4, -0.2) is 35.3 Å². The van der Waals surface area contributed by atoms with Crippen molar-refractivity contribution in [1.82, 2.24) is 9.88 Å². The van der Waals surface area contributed by atoms with Gasteiger partial charge >= 0.3 is 0 Å². The number of aryl methyl sites for hydroxylation is 1. The number of benzene rings is 1. The molecule has 0 unspecified atom stereocenters. The van der Waals surface area contributed by atoms with Gasteiger partial charge in [0.05, 0.1) is 18.7 Å². The summed E-state index contributed by atoms with van der Waals surface area (Å²) < 4.78 is 11.3. The highest BCUT2D eigenvalue weighted by molar-refractivity contribution is 7.99. The van der Waals surface area contributed by atoms with Crippen molar-refractivity contribution in [1.29, 1.82) is 0 Å². The van der Waals surface area contributed by atoms with Gasteiger partial charge in [0.15, 0.2) is 0 Å². The van der Waals surface area contributed by atoms with Crippen molar-refractivity contribution in [2.24, 2.45) is 0 Å². The van der Waals surface area contributed by atoms with Gasteiger partial charge < -0.3 is 9.15 Å². The smallest absolute Gasteiger partial charge is 0.227 e. The van der Waals surface area contributed by atoms with Crippen LogP contribution in [0, 0.1) is 6.92 Å². The molecule has 0 aliphatic carbocycles. The Balaban J connectivity index is 1.16. The van der Waals surface area contributed by atoms with Crippen molar-refractivity contribution in [2.45, 2.75) is 56.9 Å². The molecule has 0 amide bonds. The molecule has 2 aromatic heterocycles. The first kappa shape index (κ1) is 22.9. The molecule has 3 aromatic rings. The average Bonchev–Trinajstić information content (AvgIpc) is 2.80. The lowest BCUT2D eigenvalue weighted by molar-refractivity contribution is 0.201. The predicted molar refractivity (Wildman–Crippen MR) is 131 cm³/mol. The normalized spacial score (nSPS) is 14.7. The molecule has 5 nitrogen and oxygen atoms in total. The zero-order chi connectivity index (χ0) is 22.2. The number of fused-ring (bicyclic) bond motifs is 1. The summed E-state index contributed by atoms with van der Waals surface area (Å²) in [5.41, 5.74) is 2.21. The summed E-state index contributed by atoms with van der Waals surface area (Å²) in [5, 5.41) is 1.22. The van der Waals surface area contributed by atoms with Crippen molar-refractivity contribution in [3.8, 4) is 5.75 Å². The van der Waals surface area contributed by atoms with E-state index in [-0.39, 0.29) is 5.43 Å². The van der Waals surface area contributed by atoms with Gasteiger partial charge in [-0.25, -0.2) is 0 Å². The van der Waals surface area contributed by atoms with E-state index in [1.807, 2.05) is 18.0 Å². The Morgan fingerprint density at radius 2 is 1.97 bits per heavy atom. The molecule has 3 heterocycles. The van der Waals surface area contributed by atoms with Gasteiger partial charge in [-0.05, 0) is 75.6 Å². The fourth-order valence-corrected chi connectivity index (χ4v) is 5.12. The molecular weight excluding hydrogens is 420 g/mol. The van der Waals surface area contributed by atoms with E-state index in [1.54, 1.807) is 6.07 Å². The topological polar surface area (TPSA) is 55.6 Å². The second-order valence-electron chi connectivity index (χ2n) is 8.50. The van der Waals surface area contributed by atoms with Crippen molar-refractivity contribution < 1.29 is 9.15 Å². The Kier molecular flexibility index (Phi) is 8.24. The van der Waals surface area contributed by atoms with Gasteiger partial charge in [0.2, 0.25) is 11.2 Å². The van der Waals surface area contributed by atoms with E-state index in [2.05, 4.69) is 41.1 Å². The summed E-state index contributed by atoms with van der Waals surface area (Å²) in [6.07, 6.45) is 10.2. The van der Waals surface area contributed by atoms with Gasteiger partial charge in [0, 0.05) is 22.5 Å². The third-order valence-electron chi connectivity index (χ3n) is 5.84. The van der Waals surface area contributed by atoms with Crippen molar-refractivity contribution in [3.05, 3.63) is 64.3 Å². The standard InChI is InChI=1S/C26H32N2O3S/c1-20-8-9-22-23(16-20)27-11-10-26(22)32-15-7-3-6-14-30-25-19-31-21(17-24(25)29)18-28-12-4-2-5-13-28/h8-11,16-17,19H,2-7,12-15,18H2,1H3. The molecule has 4 rings (SSSR count). The zero-order valence-corrected chi connectivity index (χ0v) is 19.7. The lowest BCUT2D eigenvalue weighted by Gasteiger charge is -2.25. The quantitative estimate of drug-likeness (QED) is 0.285. The number of pyridine rings is 1. The first-order valence-electron chi connectivity index (χ1n) is 11.6. The molecular formula is C26H32N2O3S. The number of rotatable bonds is 10. The van der Waals surface area contributed by atoms with Crippen LogP contribution in [0.25, 0.3) is 10.9 Å². The summed E-state index contributed by atoms with van der Waals surface area (Å²) >= 11 is 1.88. The highest BCUT2D eigenvalue weighted by Gasteiger charge is 2.13. The largest absolute Gasteiger partial charge is 0.487 e. The molecule has 170 valence electrons. The summed E-state index contributed by atoms with van der Waals surface area (Å²) in [6.45, 7) is 5.50. The fourth-order valence-electron chi connectivity index (χ4n) is 4.07. The molecule has 1 saturated heterocycles. The van der Waals surface area contributed by atoms with Gasteiger partial charge in [-0.2, -0.15) is 0 Å². The van der Waals surface area contributed by atoms with E-state index in [1.165, 1.54) is 41.4 Å². The molecule has 0 bridgehead atoms. The number of hydrogen-bond donors (Lipinski definition) is 0. The highest BCUT2D eigenvalue weighted by atomic mass is 32.2. The van der Waals surface area contributed by atoms with Crippen LogP contribution in [0.5, 0.6) is 5.75 Å². The van der Waals surface area contributed by atoms with Crippen LogP contribution in [0.1, 0.15) is 49.8 Å². The molecule has 0 spiro atoms. The minimum atomic E-state index is -0.0846. The van der Waals surface area contributed by atoms with E-state index in [0.717, 1.165) is 49.4 Å². The lowest BCUT2D eigenvalue weighted by atomic mass is 10.1. The number of likely N-dealkylation sites (tertiary alicyclic amines) is 1. The van der Waals surface area contributed by atoms with Crippen molar-refractivity contribution in [3.63, 3.8) is 0 Å². The van der Waals surface area contributed by atoms with E-state index in [0.29, 0.717) is 18.9 Å². The number of thioether (sulfide) groups is 1. The van der Waals surface area contributed by atoms with Crippen LogP contribution < -0.4 is 10.2 Å². The van der Waals surface area contributed by atoms with E-state index < -0.39 is 0 Å². The second kappa shape index (κ2) is 11.5. The first-order chi connectivity index (χ1) is 15.7. The third kappa shape index (κ3) is 6.36. The monoisotopic (exact) mass is 452 g/mol. The van der Waals surface area contributed by atoms with Gasteiger partial charge in [0.25, 0.3) is 0 Å². The Hall–Kier alpha value is -2.31. The summed E-state index contributed by atoms with van der Waals surface area (Å²) in [7, 11) is 0. The average molecular weight is 453 g/mol. The Bertz CT molecular complexity index is 1080. The Morgan fingerprint density at radius 3 is 2.81 bits per heavy atom. The summed E-state index contributed by atoms with van der Waals surface area (Å²) in [5.74, 6) is 2.10. The molecule has 0 atom stereocenters. The van der Waals surface area contributed by atoms with Crippen LogP contribution in [-0.2, 0) is 6.54 Å². The van der Waals surface area contributed by atoms with Gasteiger partial charge in [-0.3, -0.25) is 14.7 Å². The van der Waals surface area contributed by atoms with Crippen LogP contribution in [0.3, 0.4) is 0 Å². The lowest BCUT2D eigenvalue weighted by Crippen LogP contribution is -2.29. The molecule has 1 aliphatic heterocycles. The van der Waals surface area contributed by atoms with E-state index >= 15 is 0 Å². The summed E-state index contributed by atoms with van der Waals surface area (Å²) in [4.78, 5) is 20.4. The van der Waals surface area contributed by atoms with Crippen LogP contribution in [0.4, 0.5) is 0 Å². The minimum Gasteiger partial charge on any atom is -0.487 e. The zero-order valence-electron chi connectivity index (χ0n) is 18.8. The van der Waals surface area contributed by atoms with E-state index in [9.17, 15) is 4.79 Å². The Morgan fingerprint density at radius 1 is 1.09 bits per heavy atom. The van der Waals surface area contributed by atoms with Crippen LogP contribution in [0.2, 0.25) is 0 Å². The highest BCUT2D eigenvalue weighted by Crippen LogP contribution is 2.28. The molecule has 0 radical (unpaired) electrons. The van der Waals surface area contributed by atoms with Crippen LogP contribution in [0.15, 0.2) is 56.9 Å². The van der Waals surface area contributed by atoms with Gasteiger partial charge in [-0.1, -0.05) is 18.6 Å². The number of piperidine rings is 1. The van der Waals surface area contributed by atoms with E-state index in [4.69, 9.17) is 9.15 Å². The maximum atomic E-state index is 12.3. The minimum absolute atomic E-state index is 0.0846. The molecule has 6 heteroatoms. The predicted octanol–water partition coefficient (Wildman–Crippen LogP) is 5.82. The maximum absolute atomic E-state index is 12.3. The number of unbranched alkanes of at least 4 members (excludes halogenated alkanes) is 2. The molecule has 0 saturated carbocycles. The fraction of sp³-hybridized carbons (Fsp3) is 0.462. The first-order valence-corrected chi connectivity index (χ1v) is 12.6. The molecule has 1 aromatic carbocycles. The molecule has 32 heavy (non-hydrogen) atoms. The van der Waals surface area contributed by atoms with Gasteiger partial charge in [0.1, 0.15) is 12.0 Å². The second-order valence-corrected chi connectivity index (χ2v) is 9.64. The number of ether oxygens (including phenoxy) is 1. The SMILES string of the molecule is Cc1ccc2c(SCCCCCOc3coc(CN4CCCCC4)cc3=O)ccnc2c1. The maximum Gasteiger partial charge on any atom is 0.227 e. The summed E-state index contributed by atoms with van der Waals surface area (Å²) in [6, 6.07) is 10.1. The van der Waals surface area contributed by atoms with Crippen LogP contribution >= 0.6 is 11.8 Å². The number of nitrogens with zero attached hydrogens (tertiary/aromatic N) is 2. The third-order valence-corrected chi connectivity index (χ3v) is 7.00. The molecule has 0 N–H and O–H groups in total. The molecule has 1 aliphatic rings. The number of hydrogen-bond acceptors (Lipinski definition) is 6. The molecule has 1 fully saturated rings. The van der Waals surface area contributed by atoms with Crippen molar-refractivity contribution in [2.75, 3.05) is 25.4 Å².